The molecule has 0 aliphatic heterocycles. The first-order chi connectivity index (χ1) is 14.6. The highest BCUT2D eigenvalue weighted by atomic mass is 19.1. The van der Waals surface area contributed by atoms with Crippen molar-refractivity contribution in [2.75, 3.05) is 34.4 Å². The topological polar surface area (TPSA) is 64.1 Å². The molecule has 0 radical (unpaired) electrons. The normalized spacial score (nSPS) is 11.3. The van der Waals surface area contributed by atoms with E-state index < -0.39 is 0 Å². The third kappa shape index (κ3) is 7.22. The van der Waals surface area contributed by atoms with Gasteiger partial charge in [0.2, 0.25) is 0 Å². The second-order valence-corrected chi connectivity index (χ2v) is 6.73. The number of hydrogen-bond acceptors (Lipinski definition) is 4. The fourth-order valence-corrected chi connectivity index (χ4v) is 3.05. The molecule has 0 saturated carbocycles. The molecule has 2 aromatic carbocycles. The summed E-state index contributed by atoms with van der Waals surface area (Å²) >= 11 is 0. The van der Waals surface area contributed by atoms with E-state index in [9.17, 15) is 4.39 Å². The average molecular weight is 418 g/mol. The lowest BCUT2D eigenvalue weighted by Crippen LogP contribution is -2.37. The Morgan fingerprint density at radius 1 is 1.03 bits per heavy atom. The molecule has 6 nitrogen and oxygen atoms in total. The molecule has 0 spiro atoms. The van der Waals surface area contributed by atoms with Gasteiger partial charge in [0.25, 0.3) is 0 Å². The third-order valence-corrected chi connectivity index (χ3v) is 4.56. The smallest absolute Gasteiger partial charge is 0.191 e. The summed E-state index contributed by atoms with van der Waals surface area (Å²) in [5.74, 6) is 1.97. The van der Waals surface area contributed by atoms with Crippen molar-refractivity contribution in [3.63, 3.8) is 0 Å². The van der Waals surface area contributed by atoms with Crippen molar-refractivity contribution in [3.8, 4) is 11.5 Å². The van der Waals surface area contributed by atoms with E-state index in [4.69, 9.17) is 14.2 Å². The monoisotopic (exact) mass is 417 g/mol. The van der Waals surface area contributed by atoms with Gasteiger partial charge < -0.3 is 24.8 Å². The van der Waals surface area contributed by atoms with Crippen LogP contribution in [-0.2, 0) is 24.3 Å². The molecule has 164 valence electrons. The van der Waals surface area contributed by atoms with Crippen LogP contribution in [0.5, 0.6) is 11.5 Å². The van der Waals surface area contributed by atoms with Crippen molar-refractivity contribution in [2.24, 2.45) is 4.99 Å². The van der Waals surface area contributed by atoms with Crippen LogP contribution in [0.25, 0.3) is 0 Å². The SMILES string of the molecule is CCOc1cc(CCCNC(=NC)NCc2ccc(F)c(COC)c2)ccc1OC. The Bertz CT molecular complexity index is 827. The molecule has 0 aliphatic carbocycles. The largest absolute Gasteiger partial charge is 0.493 e. The molecule has 0 unspecified atom stereocenters. The Morgan fingerprint density at radius 2 is 1.83 bits per heavy atom. The molecule has 0 atom stereocenters. The second-order valence-electron chi connectivity index (χ2n) is 6.73. The van der Waals surface area contributed by atoms with E-state index in [0.717, 1.165) is 36.4 Å². The minimum atomic E-state index is -0.255. The molecule has 0 bridgehead atoms. The maximum Gasteiger partial charge on any atom is 0.191 e. The Morgan fingerprint density at radius 3 is 2.53 bits per heavy atom. The van der Waals surface area contributed by atoms with Crippen molar-refractivity contribution < 1.29 is 18.6 Å². The Hall–Kier alpha value is -2.80. The lowest BCUT2D eigenvalue weighted by atomic mass is 10.1. The highest BCUT2D eigenvalue weighted by molar-refractivity contribution is 5.79. The molecule has 0 saturated heterocycles. The molecule has 0 aliphatic rings. The van der Waals surface area contributed by atoms with Gasteiger partial charge >= 0.3 is 0 Å². The van der Waals surface area contributed by atoms with E-state index in [-0.39, 0.29) is 12.4 Å². The molecule has 0 heterocycles. The first-order valence-corrected chi connectivity index (χ1v) is 10.1. The fourth-order valence-electron chi connectivity index (χ4n) is 3.05. The number of methoxy groups -OCH3 is 2. The predicted octanol–water partition coefficient (Wildman–Crippen LogP) is 3.68. The van der Waals surface area contributed by atoms with Gasteiger partial charge in [0.15, 0.2) is 17.5 Å². The van der Waals surface area contributed by atoms with Gasteiger partial charge in [-0.15, -0.1) is 0 Å². The van der Waals surface area contributed by atoms with Crippen LogP contribution in [0, 0.1) is 5.82 Å². The summed E-state index contributed by atoms with van der Waals surface area (Å²) in [6.07, 6.45) is 1.85. The van der Waals surface area contributed by atoms with E-state index in [1.165, 1.54) is 11.6 Å². The number of nitrogens with zero attached hydrogens (tertiary/aromatic N) is 1. The van der Waals surface area contributed by atoms with Crippen LogP contribution in [0.4, 0.5) is 4.39 Å². The van der Waals surface area contributed by atoms with E-state index in [2.05, 4.69) is 21.7 Å². The van der Waals surface area contributed by atoms with Crippen molar-refractivity contribution in [3.05, 3.63) is 58.9 Å². The first kappa shape index (κ1) is 23.5. The summed E-state index contributed by atoms with van der Waals surface area (Å²) in [7, 11) is 4.93. The summed E-state index contributed by atoms with van der Waals surface area (Å²) in [5, 5.41) is 6.56. The molecule has 0 fully saturated rings. The number of aryl methyl sites for hydroxylation is 1. The minimum absolute atomic E-state index is 0.253. The van der Waals surface area contributed by atoms with Crippen LogP contribution in [0.1, 0.15) is 30.0 Å². The van der Waals surface area contributed by atoms with Crippen LogP contribution in [-0.4, -0.2) is 40.4 Å². The quantitative estimate of drug-likeness (QED) is 0.332. The van der Waals surface area contributed by atoms with Crippen LogP contribution < -0.4 is 20.1 Å². The van der Waals surface area contributed by atoms with Crippen molar-refractivity contribution >= 4 is 5.96 Å². The first-order valence-electron chi connectivity index (χ1n) is 10.1. The highest BCUT2D eigenvalue weighted by Gasteiger charge is 2.06. The Kier molecular flexibility index (Phi) is 9.94. The van der Waals surface area contributed by atoms with E-state index >= 15 is 0 Å². The molecule has 30 heavy (non-hydrogen) atoms. The van der Waals surface area contributed by atoms with Gasteiger partial charge in [-0.3, -0.25) is 4.99 Å². The molecule has 2 rings (SSSR count). The predicted molar refractivity (Wildman–Crippen MR) is 118 cm³/mol. The van der Waals surface area contributed by atoms with Gasteiger partial charge in [-0.05, 0) is 55.2 Å². The van der Waals surface area contributed by atoms with Gasteiger partial charge in [0.1, 0.15) is 5.82 Å². The summed E-state index contributed by atoms with van der Waals surface area (Å²) < 4.78 is 29.7. The van der Waals surface area contributed by atoms with Crippen LogP contribution in [0.15, 0.2) is 41.4 Å². The van der Waals surface area contributed by atoms with E-state index in [0.29, 0.717) is 24.7 Å². The molecular formula is C23H32FN3O3. The summed E-state index contributed by atoms with van der Waals surface area (Å²) in [6.45, 7) is 4.13. The van der Waals surface area contributed by atoms with Crippen molar-refractivity contribution in [1.82, 2.24) is 10.6 Å². The number of aliphatic imine (C=N–C) groups is 1. The molecule has 2 N–H and O–H groups in total. The van der Waals surface area contributed by atoms with Crippen LogP contribution in [0.3, 0.4) is 0 Å². The average Bonchev–Trinajstić information content (AvgIpc) is 2.76. The lowest BCUT2D eigenvalue weighted by molar-refractivity contribution is 0.181. The zero-order valence-electron chi connectivity index (χ0n) is 18.3. The molecule has 0 aromatic heterocycles. The molecule has 0 amide bonds. The van der Waals surface area contributed by atoms with Gasteiger partial charge in [-0.25, -0.2) is 4.39 Å². The van der Waals surface area contributed by atoms with Crippen molar-refractivity contribution in [2.45, 2.75) is 32.9 Å². The lowest BCUT2D eigenvalue weighted by Gasteiger charge is -2.13. The maximum absolute atomic E-state index is 13.7. The van der Waals surface area contributed by atoms with Gasteiger partial charge in [-0.1, -0.05) is 12.1 Å². The summed E-state index contributed by atoms with van der Waals surface area (Å²) in [6, 6.07) is 11.1. The third-order valence-electron chi connectivity index (χ3n) is 4.56. The number of halogens is 1. The van der Waals surface area contributed by atoms with Crippen LogP contribution in [0.2, 0.25) is 0 Å². The van der Waals surface area contributed by atoms with Gasteiger partial charge in [-0.2, -0.15) is 0 Å². The zero-order valence-corrected chi connectivity index (χ0v) is 18.3. The standard InChI is InChI=1S/C23H32FN3O3/c1-5-30-22-14-17(9-11-21(22)29-4)7-6-12-26-23(25-2)27-15-18-8-10-20(24)19(13-18)16-28-3/h8-11,13-14H,5-7,12,15-16H2,1-4H3,(H2,25,26,27). The summed E-state index contributed by atoms with van der Waals surface area (Å²) in [4.78, 5) is 4.24. The molecule has 7 heteroatoms. The number of ether oxygens (including phenoxy) is 3. The number of benzene rings is 2. The number of guanidine groups is 1. The van der Waals surface area contributed by atoms with Crippen molar-refractivity contribution in [1.29, 1.82) is 0 Å². The number of nitrogens with one attached hydrogen (secondary N) is 2. The molecular weight excluding hydrogens is 385 g/mol. The van der Waals surface area contributed by atoms with E-state index in [1.807, 2.05) is 19.1 Å². The minimum Gasteiger partial charge on any atom is -0.493 e. The fraction of sp³-hybridized carbons (Fsp3) is 0.435. The number of rotatable bonds is 11. The van der Waals surface area contributed by atoms with Gasteiger partial charge in [0.05, 0.1) is 20.3 Å². The summed E-state index contributed by atoms with van der Waals surface area (Å²) in [5.41, 5.74) is 2.71. The van der Waals surface area contributed by atoms with Gasteiger partial charge in [0, 0.05) is 32.8 Å². The molecule has 2 aromatic rings. The zero-order chi connectivity index (χ0) is 21.8. The Balaban J connectivity index is 1.80. The second kappa shape index (κ2) is 12.7. The number of hydrogen-bond donors (Lipinski definition) is 2. The Labute approximate surface area is 178 Å². The van der Waals surface area contributed by atoms with E-state index in [1.54, 1.807) is 33.4 Å². The maximum atomic E-state index is 13.7. The van der Waals surface area contributed by atoms with Crippen LogP contribution >= 0.6 is 0 Å². The highest BCUT2D eigenvalue weighted by Crippen LogP contribution is 2.28.